The van der Waals surface area contributed by atoms with E-state index in [0.29, 0.717) is 40.6 Å². The van der Waals surface area contributed by atoms with E-state index in [4.69, 9.17) is 10.5 Å². The van der Waals surface area contributed by atoms with Crippen LogP contribution in [0.15, 0.2) is 36.7 Å². The Kier molecular flexibility index (Phi) is 4.73. The fourth-order valence-electron chi connectivity index (χ4n) is 3.18. The predicted molar refractivity (Wildman–Crippen MR) is 97.8 cm³/mol. The number of fused-ring (bicyclic) bond motifs is 1. The van der Waals surface area contributed by atoms with Crippen LogP contribution in [0.25, 0.3) is 22.3 Å². The first-order valence-corrected chi connectivity index (χ1v) is 8.64. The average molecular weight is 353 g/mol. The number of halogens is 1. The van der Waals surface area contributed by atoms with Crippen LogP contribution >= 0.6 is 0 Å². The molecule has 1 aromatic carbocycles. The van der Waals surface area contributed by atoms with E-state index in [0.717, 1.165) is 31.7 Å². The molecule has 134 valence electrons. The van der Waals surface area contributed by atoms with E-state index in [2.05, 4.69) is 20.3 Å². The molecule has 0 spiro atoms. The molecule has 0 amide bonds. The van der Waals surface area contributed by atoms with Gasteiger partial charge in [0.15, 0.2) is 5.82 Å². The molecule has 0 saturated carbocycles. The Morgan fingerprint density at radius 3 is 3.00 bits per heavy atom. The summed E-state index contributed by atoms with van der Waals surface area (Å²) in [5, 5.41) is 3.38. The number of hydrogen-bond acceptors (Lipinski definition) is 6. The first-order valence-electron chi connectivity index (χ1n) is 8.64. The minimum atomic E-state index is -0.289. The summed E-state index contributed by atoms with van der Waals surface area (Å²) in [7, 11) is 0. The van der Waals surface area contributed by atoms with Gasteiger partial charge in [-0.05, 0) is 48.2 Å². The van der Waals surface area contributed by atoms with Gasteiger partial charge in [0.05, 0.1) is 17.8 Å². The van der Waals surface area contributed by atoms with Crippen LogP contribution in [-0.4, -0.2) is 34.7 Å². The maximum atomic E-state index is 14.1. The summed E-state index contributed by atoms with van der Waals surface area (Å²) in [5.41, 5.74) is 9.29. The van der Waals surface area contributed by atoms with E-state index in [1.165, 1.54) is 12.4 Å². The molecule has 3 aromatic rings. The number of nitrogens with one attached hydrogen (secondary N) is 1. The van der Waals surface area contributed by atoms with Gasteiger partial charge in [0.2, 0.25) is 0 Å². The topological polar surface area (TPSA) is 86.0 Å². The molecule has 0 aliphatic carbocycles. The quantitative estimate of drug-likeness (QED) is 0.733. The Labute approximate surface area is 150 Å². The number of benzene rings is 1. The van der Waals surface area contributed by atoms with Crippen molar-refractivity contribution in [3.63, 3.8) is 0 Å². The lowest BCUT2D eigenvalue weighted by molar-refractivity contribution is 0.185. The van der Waals surface area contributed by atoms with Crippen LogP contribution < -0.4 is 11.1 Å². The Bertz CT molecular complexity index is 927. The van der Waals surface area contributed by atoms with Crippen molar-refractivity contribution in [2.24, 2.45) is 5.92 Å². The molecule has 1 aliphatic heterocycles. The third-order valence-corrected chi connectivity index (χ3v) is 4.55. The number of ether oxygens (including phenoxy) is 1. The lowest BCUT2D eigenvalue weighted by Gasteiger charge is -2.11. The SMILES string of the molecule is Nc1ncnc2ccc(-c3cc(F)cc(CNCC4CCOC4)c3)nc12. The minimum absolute atomic E-state index is 0.289. The van der Waals surface area contributed by atoms with Crippen molar-refractivity contribution in [3.05, 3.63) is 48.0 Å². The third kappa shape index (κ3) is 3.63. The second kappa shape index (κ2) is 7.31. The summed E-state index contributed by atoms with van der Waals surface area (Å²) in [6.07, 6.45) is 2.48. The number of pyridine rings is 1. The lowest BCUT2D eigenvalue weighted by Crippen LogP contribution is -2.22. The van der Waals surface area contributed by atoms with Gasteiger partial charge >= 0.3 is 0 Å². The molecule has 1 unspecified atom stereocenters. The van der Waals surface area contributed by atoms with Crippen LogP contribution in [0.2, 0.25) is 0 Å². The molecule has 1 fully saturated rings. The predicted octanol–water partition coefficient (Wildman–Crippen LogP) is 2.54. The van der Waals surface area contributed by atoms with E-state index in [1.54, 1.807) is 6.07 Å². The molecule has 0 bridgehead atoms. The van der Waals surface area contributed by atoms with Crippen molar-refractivity contribution in [1.82, 2.24) is 20.3 Å². The van der Waals surface area contributed by atoms with Crippen molar-refractivity contribution in [2.75, 3.05) is 25.5 Å². The van der Waals surface area contributed by atoms with Gasteiger partial charge in [-0.15, -0.1) is 0 Å². The lowest BCUT2D eigenvalue weighted by atomic mass is 10.1. The molecule has 2 aromatic heterocycles. The number of nitrogen functional groups attached to an aromatic ring is 1. The first kappa shape index (κ1) is 16.8. The van der Waals surface area contributed by atoms with E-state index >= 15 is 0 Å². The first-order chi connectivity index (χ1) is 12.7. The summed E-state index contributed by atoms with van der Waals surface area (Å²) in [6.45, 7) is 3.09. The monoisotopic (exact) mass is 353 g/mol. The summed E-state index contributed by atoms with van der Waals surface area (Å²) < 4.78 is 19.5. The van der Waals surface area contributed by atoms with Gasteiger partial charge in [-0.1, -0.05) is 0 Å². The number of aromatic nitrogens is 3. The smallest absolute Gasteiger partial charge is 0.153 e. The maximum absolute atomic E-state index is 14.1. The molecule has 0 radical (unpaired) electrons. The molecule has 7 heteroatoms. The summed E-state index contributed by atoms with van der Waals surface area (Å²) in [6, 6.07) is 8.59. The number of anilines is 1. The molecular weight excluding hydrogens is 333 g/mol. The average Bonchev–Trinajstić information content (AvgIpc) is 3.15. The second-order valence-electron chi connectivity index (χ2n) is 6.53. The Balaban J connectivity index is 1.56. The highest BCUT2D eigenvalue weighted by Gasteiger charge is 2.15. The zero-order chi connectivity index (χ0) is 17.9. The molecule has 1 aliphatic rings. The van der Waals surface area contributed by atoms with E-state index in [9.17, 15) is 4.39 Å². The number of nitrogens with zero attached hydrogens (tertiary/aromatic N) is 3. The van der Waals surface area contributed by atoms with Gasteiger partial charge in [-0.2, -0.15) is 0 Å². The molecule has 3 heterocycles. The Morgan fingerprint density at radius 2 is 2.15 bits per heavy atom. The van der Waals surface area contributed by atoms with Gasteiger partial charge in [0.25, 0.3) is 0 Å². The number of nitrogens with two attached hydrogens (primary N) is 1. The third-order valence-electron chi connectivity index (χ3n) is 4.55. The molecule has 4 rings (SSSR count). The van der Waals surface area contributed by atoms with Gasteiger partial charge < -0.3 is 15.8 Å². The minimum Gasteiger partial charge on any atom is -0.382 e. The highest BCUT2D eigenvalue weighted by molar-refractivity contribution is 5.85. The zero-order valence-corrected chi connectivity index (χ0v) is 14.3. The number of hydrogen-bond donors (Lipinski definition) is 2. The van der Waals surface area contributed by atoms with Crippen LogP contribution in [0.3, 0.4) is 0 Å². The zero-order valence-electron chi connectivity index (χ0n) is 14.3. The summed E-state index contributed by atoms with van der Waals surface area (Å²) in [5.74, 6) is 0.560. The van der Waals surface area contributed by atoms with Crippen molar-refractivity contribution in [3.8, 4) is 11.3 Å². The van der Waals surface area contributed by atoms with Crippen molar-refractivity contribution in [1.29, 1.82) is 0 Å². The van der Waals surface area contributed by atoms with Crippen LogP contribution in [0, 0.1) is 11.7 Å². The van der Waals surface area contributed by atoms with Crippen LogP contribution in [0.1, 0.15) is 12.0 Å². The fourth-order valence-corrected chi connectivity index (χ4v) is 3.18. The molecule has 3 N–H and O–H groups in total. The molecule has 26 heavy (non-hydrogen) atoms. The van der Waals surface area contributed by atoms with Crippen molar-refractivity contribution < 1.29 is 9.13 Å². The molecular formula is C19H20FN5O. The molecule has 6 nitrogen and oxygen atoms in total. The maximum Gasteiger partial charge on any atom is 0.153 e. The van der Waals surface area contributed by atoms with Gasteiger partial charge in [-0.3, -0.25) is 0 Å². The van der Waals surface area contributed by atoms with Gasteiger partial charge in [0, 0.05) is 25.3 Å². The highest BCUT2D eigenvalue weighted by Crippen LogP contribution is 2.24. The van der Waals surface area contributed by atoms with Crippen LogP contribution in [0.5, 0.6) is 0 Å². The summed E-state index contributed by atoms with van der Waals surface area (Å²) >= 11 is 0. The highest BCUT2D eigenvalue weighted by atomic mass is 19.1. The fraction of sp³-hybridized carbons (Fsp3) is 0.316. The normalized spacial score (nSPS) is 17.0. The van der Waals surface area contributed by atoms with Crippen LogP contribution in [-0.2, 0) is 11.3 Å². The Hall–Kier alpha value is -2.64. The van der Waals surface area contributed by atoms with E-state index in [1.807, 2.05) is 18.2 Å². The second-order valence-corrected chi connectivity index (χ2v) is 6.53. The van der Waals surface area contributed by atoms with Crippen LogP contribution in [0.4, 0.5) is 10.2 Å². The van der Waals surface area contributed by atoms with Crippen molar-refractivity contribution in [2.45, 2.75) is 13.0 Å². The number of rotatable bonds is 5. The van der Waals surface area contributed by atoms with E-state index < -0.39 is 0 Å². The largest absolute Gasteiger partial charge is 0.382 e. The van der Waals surface area contributed by atoms with Gasteiger partial charge in [0.1, 0.15) is 17.7 Å². The van der Waals surface area contributed by atoms with E-state index in [-0.39, 0.29) is 5.82 Å². The summed E-state index contributed by atoms with van der Waals surface area (Å²) in [4.78, 5) is 12.6. The molecule has 1 atom stereocenters. The molecule has 1 saturated heterocycles. The Morgan fingerprint density at radius 1 is 1.23 bits per heavy atom. The van der Waals surface area contributed by atoms with Crippen molar-refractivity contribution >= 4 is 16.9 Å². The van der Waals surface area contributed by atoms with Gasteiger partial charge in [-0.25, -0.2) is 19.3 Å². The standard InChI is InChI=1S/C19H20FN5O/c20-15-6-13(9-22-8-12-3-4-26-10-12)5-14(7-15)16-1-2-17-18(25-16)19(21)24-11-23-17/h1-2,5-7,11-12,22H,3-4,8-10H2,(H2,21,23,24).